The molecule has 0 aliphatic carbocycles. The van der Waals surface area contributed by atoms with Gasteiger partial charge >= 0.3 is 0 Å². The zero-order valence-electron chi connectivity index (χ0n) is 13.7. The second kappa shape index (κ2) is 5.71. The van der Waals surface area contributed by atoms with Gasteiger partial charge < -0.3 is 0 Å². The third-order valence-corrected chi connectivity index (χ3v) is 3.96. The van der Waals surface area contributed by atoms with Gasteiger partial charge in [0.05, 0.1) is 5.57 Å². The molecule has 1 nitrogen and oxygen atoms in total. The second-order valence-electron chi connectivity index (χ2n) is 6.02. The van der Waals surface area contributed by atoms with Crippen LogP contribution in [0.4, 0.5) is 0 Å². The number of aryl methyl sites for hydroxylation is 6. The Morgan fingerprint density at radius 2 is 0.952 bits per heavy atom. The fourth-order valence-corrected chi connectivity index (χ4v) is 3.38. The van der Waals surface area contributed by atoms with Gasteiger partial charge in [-0.2, -0.15) is 0 Å². The molecule has 108 valence electrons. The van der Waals surface area contributed by atoms with E-state index in [2.05, 4.69) is 71.7 Å². The molecule has 0 radical (unpaired) electrons. The van der Waals surface area contributed by atoms with Crippen LogP contribution < -0.4 is 0 Å². The molecule has 0 aliphatic heterocycles. The molecule has 21 heavy (non-hydrogen) atoms. The Morgan fingerprint density at radius 1 is 0.667 bits per heavy atom. The average molecular weight is 278 g/mol. The van der Waals surface area contributed by atoms with Crippen molar-refractivity contribution in [3.05, 3.63) is 68.8 Å². The van der Waals surface area contributed by atoms with E-state index < -0.39 is 0 Å². The van der Waals surface area contributed by atoms with Gasteiger partial charge in [-0.3, -0.25) is 0 Å². The van der Waals surface area contributed by atoms with Gasteiger partial charge in [-0.25, -0.2) is 4.79 Å². The molecular weight excluding hydrogens is 256 g/mol. The van der Waals surface area contributed by atoms with Crippen molar-refractivity contribution >= 4 is 11.5 Å². The maximum atomic E-state index is 11.7. The van der Waals surface area contributed by atoms with Crippen molar-refractivity contribution in [1.82, 2.24) is 0 Å². The molecule has 0 N–H and O–H groups in total. The Balaban J connectivity index is 2.77. The van der Waals surface area contributed by atoms with Gasteiger partial charge in [0.25, 0.3) is 0 Å². The summed E-state index contributed by atoms with van der Waals surface area (Å²) in [6.45, 7) is 12.4. The highest BCUT2D eigenvalue weighted by Gasteiger charge is 2.16. The van der Waals surface area contributed by atoms with Crippen molar-refractivity contribution < 1.29 is 4.79 Å². The van der Waals surface area contributed by atoms with Crippen LogP contribution in [0.3, 0.4) is 0 Å². The summed E-state index contributed by atoms with van der Waals surface area (Å²) >= 11 is 0. The largest absolute Gasteiger partial charge is 0.233 e. The minimum Gasteiger partial charge on any atom is -0.233 e. The van der Waals surface area contributed by atoms with Gasteiger partial charge in [-0.05, 0) is 74.9 Å². The van der Waals surface area contributed by atoms with Crippen LogP contribution in [0.15, 0.2) is 24.3 Å². The first-order valence-electron chi connectivity index (χ1n) is 7.26. The molecule has 0 spiro atoms. The lowest BCUT2D eigenvalue weighted by atomic mass is 9.86. The van der Waals surface area contributed by atoms with E-state index in [-0.39, 0.29) is 0 Å². The summed E-state index contributed by atoms with van der Waals surface area (Å²) in [6, 6.07) is 8.49. The standard InChI is InChI=1S/C20H22O/c1-12-7-14(3)19(15(4)8-12)18(11-21)20-16(5)9-13(2)10-17(20)6/h7-10H,1-6H3. The lowest BCUT2D eigenvalue weighted by molar-refractivity contribution is 0.569. The predicted octanol–water partition coefficient (Wildman–Crippen LogP) is 4.80. The van der Waals surface area contributed by atoms with Crippen molar-refractivity contribution in [1.29, 1.82) is 0 Å². The van der Waals surface area contributed by atoms with Crippen LogP contribution in [0, 0.1) is 41.5 Å². The van der Waals surface area contributed by atoms with Crippen LogP contribution in [0.2, 0.25) is 0 Å². The summed E-state index contributed by atoms with van der Waals surface area (Å²) < 4.78 is 0. The molecule has 0 aliphatic rings. The van der Waals surface area contributed by atoms with Crippen LogP contribution in [0.25, 0.3) is 5.57 Å². The zero-order valence-corrected chi connectivity index (χ0v) is 13.7. The Morgan fingerprint density at radius 3 is 1.19 bits per heavy atom. The van der Waals surface area contributed by atoms with E-state index in [9.17, 15) is 4.79 Å². The number of rotatable bonds is 2. The maximum absolute atomic E-state index is 11.7. The summed E-state index contributed by atoms with van der Waals surface area (Å²) in [5.74, 6) is 2.20. The first-order valence-corrected chi connectivity index (χ1v) is 7.26. The summed E-state index contributed by atoms with van der Waals surface area (Å²) in [6.07, 6.45) is 0. The Hall–Kier alpha value is -2.11. The SMILES string of the molecule is Cc1cc(C)c(C(=C=O)c2c(C)cc(C)cc2C)c(C)c1. The van der Waals surface area contributed by atoms with Crippen molar-refractivity contribution in [3.8, 4) is 0 Å². The van der Waals surface area contributed by atoms with E-state index in [1.165, 1.54) is 11.1 Å². The van der Waals surface area contributed by atoms with Crippen LogP contribution in [-0.4, -0.2) is 5.94 Å². The van der Waals surface area contributed by atoms with Crippen LogP contribution in [0.1, 0.15) is 44.5 Å². The van der Waals surface area contributed by atoms with Crippen molar-refractivity contribution in [2.45, 2.75) is 41.5 Å². The Labute approximate surface area is 127 Å². The molecule has 0 heterocycles. The molecule has 0 bridgehead atoms. The molecule has 2 rings (SSSR count). The molecule has 0 fully saturated rings. The van der Waals surface area contributed by atoms with Crippen molar-refractivity contribution in [2.75, 3.05) is 0 Å². The van der Waals surface area contributed by atoms with Gasteiger partial charge in [-0.15, -0.1) is 0 Å². The Kier molecular flexibility index (Phi) is 4.16. The lowest BCUT2D eigenvalue weighted by Crippen LogP contribution is -2.01. The zero-order chi connectivity index (χ0) is 15.7. The molecular formula is C20H22O. The van der Waals surface area contributed by atoms with Gasteiger partial charge in [0.1, 0.15) is 5.94 Å². The summed E-state index contributed by atoms with van der Waals surface area (Å²) in [7, 11) is 0. The normalized spacial score (nSPS) is 10.4. The van der Waals surface area contributed by atoms with Gasteiger partial charge in [0.15, 0.2) is 0 Å². The summed E-state index contributed by atoms with van der Waals surface area (Å²) in [5, 5.41) is 0. The van der Waals surface area contributed by atoms with E-state index in [0.29, 0.717) is 5.57 Å². The molecule has 2 aromatic rings. The predicted molar refractivity (Wildman–Crippen MR) is 89.5 cm³/mol. The fourth-order valence-electron chi connectivity index (χ4n) is 3.38. The Bertz CT molecular complexity index is 654. The molecule has 0 aromatic heterocycles. The van der Waals surface area contributed by atoms with E-state index in [0.717, 1.165) is 33.4 Å². The number of carbonyl (C=O) groups excluding carboxylic acids is 1. The average Bonchev–Trinajstić information content (AvgIpc) is 2.34. The van der Waals surface area contributed by atoms with E-state index in [4.69, 9.17) is 0 Å². The minimum absolute atomic E-state index is 0.681. The molecule has 2 aromatic carbocycles. The van der Waals surface area contributed by atoms with Gasteiger partial charge in [-0.1, -0.05) is 35.4 Å². The van der Waals surface area contributed by atoms with Crippen LogP contribution in [-0.2, 0) is 4.79 Å². The first-order chi connectivity index (χ1) is 9.85. The minimum atomic E-state index is 0.681. The van der Waals surface area contributed by atoms with Crippen molar-refractivity contribution in [3.63, 3.8) is 0 Å². The number of benzene rings is 2. The van der Waals surface area contributed by atoms with E-state index in [1.54, 1.807) is 0 Å². The third-order valence-electron chi connectivity index (χ3n) is 3.96. The number of hydrogen-bond acceptors (Lipinski definition) is 1. The first kappa shape index (κ1) is 15.3. The van der Waals surface area contributed by atoms with Gasteiger partial charge in [0, 0.05) is 0 Å². The van der Waals surface area contributed by atoms with Crippen LogP contribution >= 0.6 is 0 Å². The molecule has 0 saturated heterocycles. The topological polar surface area (TPSA) is 17.1 Å². The van der Waals surface area contributed by atoms with E-state index in [1.807, 2.05) is 0 Å². The summed E-state index contributed by atoms with van der Waals surface area (Å²) in [5.41, 5.74) is 9.68. The van der Waals surface area contributed by atoms with Crippen molar-refractivity contribution in [2.24, 2.45) is 0 Å². The highest BCUT2D eigenvalue weighted by atomic mass is 16.1. The highest BCUT2D eigenvalue weighted by Crippen LogP contribution is 2.32. The molecule has 0 amide bonds. The molecule has 0 unspecified atom stereocenters. The van der Waals surface area contributed by atoms with Crippen LogP contribution in [0.5, 0.6) is 0 Å². The quantitative estimate of drug-likeness (QED) is 0.721. The lowest BCUT2D eigenvalue weighted by Gasteiger charge is -2.17. The second-order valence-corrected chi connectivity index (χ2v) is 6.02. The highest BCUT2D eigenvalue weighted by molar-refractivity contribution is 6.00. The third kappa shape index (κ3) is 2.84. The van der Waals surface area contributed by atoms with E-state index >= 15 is 0 Å². The summed E-state index contributed by atoms with van der Waals surface area (Å²) in [4.78, 5) is 11.7. The fraction of sp³-hybridized carbons (Fsp3) is 0.300. The van der Waals surface area contributed by atoms with Gasteiger partial charge in [0.2, 0.25) is 0 Å². The monoisotopic (exact) mass is 278 g/mol. The smallest absolute Gasteiger partial charge is 0.133 e. The number of hydrogen-bond donors (Lipinski definition) is 0. The molecule has 0 atom stereocenters. The molecule has 0 saturated carbocycles. The molecule has 1 heteroatoms. The maximum Gasteiger partial charge on any atom is 0.133 e.